The fourth-order valence-corrected chi connectivity index (χ4v) is 2.82. The minimum absolute atomic E-state index is 0.0502. The number of carbonyl (C=O) groups is 1. The van der Waals surface area contributed by atoms with E-state index in [9.17, 15) is 13.2 Å². The molecule has 2 amide bonds. The summed E-state index contributed by atoms with van der Waals surface area (Å²) in [4.78, 5) is 12.0. The van der Waals surface area contributed by atoms with E-state index in [1.54, 1.807) is 18.2 Å². The molecule has 0 fully saturated rings. The quantitative estimate of drug-likeness (QED) is 0.913. The predicted molar refractivity (Wildman–Crippen MR) is 86.4 cm³/mol. The van der Waals surface area contributed by atoms with Gasteiger partial charge in [-0.2, -0.15) is 0 Å². The number of aryl methyl sites for hydroxylation is 3. The van der Waals surface area contributed by atoms with Gasteiger partial charge >= 0.3 is 6.03 Å². The number of rotatable bonds is 3. The molecule has 0 atom stereocenters. The van der Waals surface area contributed by atoms with E-state index in [4.69, 9.17) is 0 Å². The van der Waals surface area contributed by atoms with Gasteiger partial charge in [-0.05, 0) is 50.1 Å². The molecule has 0 spiro atoms. The summed E-state index contributed by atoms with van der Waals surface area (Å²) < 4.78 is 26.3. The zero-order chi connectivity index (χ0) is 16.3. The molecule has 0 radical (unpaired) electrons. The van der Waals surface area contributed by atoms with Crippen molar-refractivity contribution in [1.82, 2.24) is 4.72 Å². The molecule has 5 nitrogen and oxygen atoms in total. The first kappa shape index (κ1) is 16.0. The SMILES string of the molecule is Cc1ccc(S(=O)(=O)NC(=O)Nc2cc(C)ccc2C)cc1. The van der Waals surface area contributed by atoms with Gasteiger partial charge in [0.2, 0.25) is 0 Å². The van der Waals surface area contributed by atoms with Crippen molar-refractivity contribution >= 4 is 21.7 Å². The molecule has 0 heterocycles. The third kappa shape index (κ3) is 3.85. The molecule has 2 aromatic rings. The maximum Gasteiger partial charge on any atom is 0.333 e. The molecule has 6 heteroatoms. The van der Waals surface area contributed by atoms with Crippen molar-refractivity contribution in [3.8, 4) is 0 Å². The zero-order valence-electron chi connectivity index (χ0n) is 12.7. The van der Waals surface area contributed by atoms with Crippen molar-refractivity contribution in [2.45, 2.75) is 25.7 Å². The van der Waals surface area contributed by atoms with Crippen LogP contribution in [-0.4, -0.2) is 14.4 Å². The van der Waals surface area contributed by atoms with Crippen molar-refractivity contribution in [2.24, 2.45) is 0 Å². The molecular formula is C16H18N2O3S. The molecular weight excluding hydrogens is 300 g/mol. The summed E-state index contributed by atoms with van der Waals surface area (Å²) >= 11 is 0. The van der Waals surface area contributed by atoms with Gasteiger partial charge in [-0.15, -0.1) is 0 Å². The minimum Gasteiger partial charge on any atom is -0.307 e. The highest BCUT2D eigenvalue weighted by Crippen LogP contribution is 2.16. The molecule has 2 N–H and O–H groups in total. The van der Waals surface area contributed by atoms with Crippen LogP contribution in [0.15, 0.2) is 47.4 Å². The smallest absolute Gasteiger partial charge is 0.307 e. The van der Waals surface area contributed by atoms with Crippen LogP contribution in [-0.2, 0) is 10.0 Å². The summed E-state index contributed by atoms with van der Waals surface area (Å²) in [5.41, 5.74) is 3.35. The monoisotopic (exact) mass is 318 g/mol. The Balaban J connectivity index is 2.14. The largest absolute Gasteiger partial charge is 0.333 e. The summed E-state index contributed by atoms with van der Waals surface area (Å²) in [6, 6.07) is 11.1. The summed E-state index contributed by atoms with van der Waals surface area (Å²) in [6.07, 6.45) is 0. The number of urea groups is 1. The number of sulfonamides is 1. The molecule has 0 unspecified atom stereocenters. The zero-order valence-corrected chi connectivity index (χ0v) is 13.5. The number of amides is 2. The summed E-state index contributed by atoms with van der Waals surface area (Å²) in [6.45, 7) is 5.59. The minimum atomic E-state index is -3.88. The highest BCUT2D eigenvalue weighted by atomic mass is 32.2. The standard InChI is InChI=1S/C16H18N2O3S/c1-11-5-8-14(9-6-11)22(20,21)18-16(19)17-15-10-12(2)4-7-13(15)3/h4-10H,1-3H3,(H2,17,18,19). The Morgan fingerprint density at radius 3 is 2.14 bits per heavy atom. The topological polar surface area (TPSA) is 75.3 Å². The van der Waals surface area contributed by atoms with E-state index in [0.29, 0.717) is 5.69 Å². The lowest BCUT2D eigenvalue weighted by atomic mass is 10.1. The molecule has 0 bridgehead atoms. The van der Waals surface area contributed by atoms with E-state index in [2.05, 4.69) is 5.32 Å². The van der Waals surface area contributed by atoms with E-state index in [1.807, 2.05) is 37.6 Å². The summed E-state index contributed by atoms with van der Waals surface area (Å²) in [7, 11) is -3.88. The first-order valence-corrected chi connectivity index (χ1v) is 8.24. The lowest BCUT2D eigenvalue weighted by molar-refractivity contribution is 0.256. The van der Waals surface area contributed by atoms with Crippen LogP contribution in [0.4, 0.5) is 10.5 Å². The van der Waals surface area contributed by atoms with Gasteiger partial charge in [0.15, 0.2) is 0 Å². The fraction of sp³-hybridized carbons (Fsp3) is 0.188. The van der Waals surface area contributed by atoms with E-state index >= 15 is 0 Å². The molecule has 0 aliphatic carbocycles. The average Bonchev–Trinajstić information content (AvgIpc) is 2.42. The van der Waals surface area contributed by atoms with Gasteiger partial charge in [-0.25, -0.2) is 17.9 Å². The van der Waals surface area contributed by atoms with Crippen LogP contribution in [0, 0.1) is 20.8 Å². The van der Waals surface area contributed by atoms with Gasteiger partial charge in [-0.1, -0.05) is 29.8 Å². The van der Waals surface area contributed by atoms with Crippen LogP contribution in [0.1, 0.15) is 16.7 Å². The van der Waals surface area contributed by atoms with E-state index in [1.165, 1.54) is 12.1 Å². The summed E-state index contributed by atoms with van der Waals surface area (Å²) in [5.74, 6) is 0. The Bertz CT molecular complexity index is 797. The second-order valence-electron chi connectivity index (χ2n) is 5.19. The molecule has 0 saturated heterocycles. The highest BCUT2D eigenvalue weighted by Gasteiger charge is 2.17. The first-order valence-electron chi connectivity index (χ1n) is 6.76. The first-order chi connectivity index (χ1) is 10.3. The van der Waals surface area contributed by atoms with Gasteiger partial charge < -0.3 is 5.32 Å². The molecule has 0 saturated carbocycles. The van der Waals surface area contributed by atoms with Gasteiger partial charge in [0, 0.05) is 5.69 Å². The molecule has 2 aromatic carbocycles. The van der Waals surface area contributed by atoms with Crippen molar-refractivity contribution in [2.75, 3.05) is 5.32 Å². The van der Waals surface area contributed by atoms with Crippen LogP contribution < -0.4 is 10.0 Å². The Labute approximate surface area is 130 Å². The number of hydrogen-bond acceptors (Lipinski definition) is 3. The predicted octanol–water partition coefficient (Wildman–Crippen LogP) is 3.12. The number of carbonyl (C=O) groups excluding carboxylic acids is 1. The third-order valence-electron chi connectivity index (χ3n) is 3.20. The molecule has 0 aliphatic rings. The van der Waals surface area contributed by atoms with Crippen LogP contribution in [0.2, 0.25) is 0 Å². The van der Waals surface area contributed by atoms with Crippen LogP contribution in [0.3, 0.4) is 0 Å². The second kappa shape index (κ2) is 6.19. The number of anilines is 1. The fourth-order valence-electron chi connectivity index (χ4n) is 1.92. The van der Waals surface area contributed by atoms with E-state index in [0.717, 1.165) is 16.7 Å². The Morgan fingerprint density at radius 2 is 1.50 bits per heavy atom. The maximum absolute atomic E-state index is 12.1. The highest BCUT2D eigenvalue weighted by molar-refractivity contribution is 7.90. The number of nitrogens with one attached hydrogen (secondary N) is 2. The molecule has 0 aliphatic heterocycles. The molecule has 0 aromatic heterocycles. The van der Waals surface area contributed by atoms with Crippen LogP contribution in [0.25, 0.3) is 0 Å². The maximum atomic E-state index is 12.1. The van der Waals surface area contributed by atoms with Crippen molar-refractivity contribution < 1.29 is 13.2 Å². The van der Waals surface area contributed by atoms with Gasteiger partial charge in [0.25, 0.3) is 10.0 Å². The normalized spacial score (nSPS) is 11.0. The number of hydrogen-bond donors (Lipinski definition) is 2. The van der Waals surface area contributed by atoms with Gasteiger partial charge in [-0.3, -0.25) is 0 Å². The van der Waals surface area contributed by atoms with Gasteiger partial charge in [0.05, 0.1) is 4.90 Å². The van der Waals surface area contributed by atoms with Gasteiger partial charge in [0.1, 0.15) is 0 Å². The van der Waals surface area contributed by atoms with Crippen molar-refractivity contribution in [1.29, 1.82) is 0 Å². The second-order valence-corrected chi connectivity index (χ2v) is 6.87. The number of benzene rings is 2. The molecule has 2 rings (SSSR count). The van der Waals surface area contributed by atoms with Crippen molar-refractivity contribution in [3.63, 3.8) is 0 Å². The molecule has 22 heavy (non-hydrogen) atoms. The van der Waals surface area contributed by atoms with E-state index < -0.39 is 16.1 Å². The Kier molecular flexibility index (Phi) is 4.51. The Hall–Kier alpha value is -2.34. The van der Waals surface area contributed by atoms with E-state index in [-0.39, 0.29) is 4.90 Å². The van der Waals surface area contributed by atoms with Crippen molar-refractivity contribution in [3.05, 3.63) is 59.2 Å². The average molecular weight is 318 g/mol. The molecule has 116 valence electrons. The summed E-state index contributed by atoms with van der Waals surface area (Å²) in [5, 5.41) is 2.56. The lowest BCUT2D eigenvalue weighted by Crippen LogP contribution is -2.34. The Morgan fingerprint density at radius 1 is 0.909 bits per heavy atom. The van der Waals surface area contributed by atoms with Crippen LogP contribution in [0.5, 0.6) is 0 Å². The van der Waals surface area contributed by atoms with Crippen LogP contribution >= 0.6 is 0 Å². The lowest BCUT2D eigenvalue weighted by Gasteiger charge is -2.11. The third-order valence-corrected chi connectivity index (χ3v) is 4.55.